The minimum atomic E-state index is 0.355. The van der Waals surface area contributed by atoms with Crippen LogP contribution in [0.4, 0.5) is 0 Å². The molecule has 0 N–H and O–H groups in total. The van der Waals surface area contributed by atoms with E-state index in [1.54, 1.807) is 18.4 Å². The highest BCUT2D eigenvalue weighted by Gasteiger charge is 1.88. The summed E-state index contributed by atoms with van der Waals surface area (Å²) in [6, 6.07) is 3.50. The average Bonchev–Trinajstić information content (AvgIpc) is 2.19. The minimum Gasteiger partial charge on any atom is -0.454 e. The van der Waals surface area contributed by atoms with Crippen LogP contribution < -0.4 is 4.74 Å². The van der Waals surface area contributed by atoms with Crippen molar-refractivity contribution in [1.82, 2.24) is 0 Å². The van der Waals surface area contributed by atoms with Crippen molar-refractivity contribution in [2.75, 3.05) is 5.94 Å². The molecule has 2 nitrogen and oxygen atoms in total. The summed E-state index contributed by atoms with van der Waals surface area (Å²) in [4.78, 5) is 0. The first-order chi connectivity index (χ1) is 3.93. The molecule has 0 saturated carbocycles. The molecule has 0 aromatic carbocycles. The van der Waals surface area contributed by atoms with Gasteiger partial charge in [-0.1, -0.05) is 0 Å². The van der Waals surface area contributed by atoms with Gasteiger partial charge in [0.2, 0.25) is 0 Å². The zero-order valence-electron chi connectivity index (χ0n) is 4.20. The smallest absolute Gasteiger partial charge is 0.285 e. The summed E-state index contributed by atoms with van der Waals surface area (Å²) >= 11 is 3.82. The molecule has 0 bridgehead atoms. The first-order valence-electron chi connectivity index (χ1n) is 2.20. The van der Waals surface area contributed by atoms with E-state index in [0.29, 0.717) is 11.9 Å². The van der Waals surface area contributed by atoms with E-state index in [2.05, 4.69) is 12.6 Å². The van der Waals surface area contributed by atoms with Gasteiger partial charge in [-0.05, 0) is 6.07 Å². The Hall–Kier alpha value is -0.570. The van der Waals surface area contributed by atoms with Crippen LogP contribution in [-0.2, 0) is 0 Å². The molecule has 1 rings (SSSR count). The molecule has 3 heteroatoms. The van der Waals surface area contributed by atoms with Crippen molar-refractivity contribution in [3.8, 4) is 5.95 Å². The molecule has 0 spiro atoms. The number of thiol groups is 1. The van der Waals surface area contributed by atoms with Crippen LogP contribution in [0.15, 0.2) is 22.8 Å². The van der Waals surface area contributed by atoms with Crippen LogP contribution in [-0.4, -0.2) is 5.94 Å². The van der Waals surface area contributed by atoms with Gasteiger partial charge in [0, 0.05) is 6.07 Å². The number of rotatable bonds is 2. The molecule has 0 amide bonds. The fourth-order valence-electron chi connectivity index (χ4n) is 0.409. The Morgan fingerprint density at radius 1 is 1.75 bits per heavy atom. The summed E-state index contributed by atoms with van der Waals surface area (Å²) < 4.78 is 9.65. The molecule has 1 aromatic heterocycles. The van der Waals surface area contributed by atoms with Crippen LogP contribution in [0.2, 0.25) is 0 Å². The van der Waals surface area contributed by atoms with Gasteiger partial charge in [0.25, 0.3) is 5.95 Å². The first-order valence-corrected chi connectivity index (χ1v) is 2.84. The van der Waals surface area contributed by atoms with Crippen LogP contribution in [0.25, 0.3) is 0 Å². The van der Waals surface area contributed by atoms with Crippen LogP contribution >= 0.6 is 12.6 Å². The van der Waals surface area contributed by atoms with Crippen molar-refractivity contribution in [3.63, 3.8) is 0 Å². The lowest BCUT2D eigenvalue weighted by atomic mass is 10.7. The van der Waals surface area contributed by atoms with Crippen molar-refractivity contribution in [2.24, 2.45) is 0 Å². The standard InChI is InChI=1S/C5H6O2S/c8-4-7-5-2-1-3-6-5/h1-3,8H,4H2. The lowest BCUT2D eigenvalue weighted by Gasteiger charge is -1.92. The van der Waals surface area contributed by atoms with E-state index in [0.717, 1.165) is 0 Å². The molecule has 1 heterocycles. The molecule has 44 valence electrons. The van der Waals surface area contributed by atoms with Crippen molar-refractivity contribution < 1.29 is 9.15 Å². The predicted octanol–water partition coefficient (Wildman–Crippen LogP) is 1.55. The number of hydrogen-bond donors (Lipinski definition) is 1. The highest BCUT2D eigenvalue weighted by atomic mass is 32.1. The third kappa shape index (κ3) is 1.20. The second-order valence-corrected chi connectivity index (χ2v) is 1.46. The second-order valence-electron chi connectivity index (χ2n) is 1.21. The van der Waals surface area contributed by atoms with Crippen molar-refractivity contribution in [1.29, 1.82) is 0 Å². The Kier molecular flexibility index (Phi) is 1.86. The SMILES string of the molecule is SCOc1ccco1. The average molecular weight is 130 g/mol. The summed E-state index contributed by atoms with van der Waals surface area (Å²) in [7, 11) is 0. The molecule has 0 aliphatic heterocycles. The highest BCUT2D eigenvalue weighted by Crippen LogP contribution is 2.09. The van der Waals surface area contributed by atoms with Gasteiger partial charge in [0.1, 0.15) is 5.94 Å². The lowest BCUT2D eigenvalue weighted by Crippen LogP contribution is -1.84. The van der Waals surface area contributed by atoms with E-state index in [-0.39, 0.29) is 0 Å². The molecule has 0 aliphatic rings. The van der Waals surface area contributed by atoms with E-state index < -0.39 is 0 Å². The number of hydrogen-bond acceptors (Lipinski definition) is 3. The predicted molar refractivity (Wildman–Crippen MR) is 33.2 cm³/mol. The van der Waals surface area contributed by atoms with Gasteiger partial charge in [0.05, 0.1) is 6.26 Å². The van der Waals surface area contributed by atoms with Gasteiger partial charge in [-0.2, -0.15) is 0 Å². The van der Waals surface area contributed by atoms with Gasteiger partial charge in [-0.3, -0.25) is 0 Å². The van der Waals surface area contributed by atoms with Crippen LogP contribution in [0, 0.1) is 0 Å². The minimum absolute atomic E-state index is 0.355. The Labute approximate surface area is 52.9 Å². The maximum atomic E-state index is 4.84. The Morgan fingerprint density at radius 3 is 3.12 bits per heavy atom. The fourth-order valence-corrected chi connectivity index (χ4v) is 0.536. The quantitative estimate of drug-likeness (QED) is 0.484. The Balaban J connectivity index is 2.50. The third-order valence-electron chi connectivity index (χ3n) is 0.702. The molecule has 0 fully saturated rings. The van der Waals surface area contributed by atoms with Gasteiger partial charge >= 0.3 is 0 Å². The maximum absolute atomic E-state index is 4.84. The normalized spacial score (nSPS) is 9.12. The molecule has 0 radical (unpaired) electrons. The monoisotopic (exact) mass is 130 g/mol. The lowest BCUT2D eigenvalue weighted by molar-refractivity contribution is 0.292. The van der Waals surface area contributed by atoms with Gasteiger partial charge in [0.15, 0.2) is 0 Å². The summed E-state index contributed by atoms with van der Waals surface area (Å²) in [6.07, 6.45) is 1.55. The van der Waals surface area contributed by atoms with Crippen molar-refractivity contribution >= 4 is 12.6 Å². The third-order valence-corrected chi connectivity index (χ3v) is 0.831. The summed E-state index contributed by atoms with van der Waals surface area (Å²) in [5.74, 6) is 0.869. The van der Waals surface area contributed by atoms with Crippen molar-refractivity contribution in [2.45, 2.75) is 0 Å². The summed E-state index contributed by atoms with van der Waals surface area (Å²) in [6.45, 7) is 0. The topological polar surface area (TPSA) is 22.4 Å². The second kappa shape index (κ2) is 2.67. The Morgan fingerprint density at radius 2 is 2.62 bits per heavy atom. The molecule has 0 unspecified atom stereocenters. The van der Waals surface area contributed by atoms with Crippen LogP contribution in [0.3, 0.4) is 0 Å². The van der Waals surface area contributed by atoms with E-state index in [1.807, 2.05) is 0 Å². The molecule has 0 aliphatic carbocycles. The van der Waals surface area contributed by atoms with Crippen LogP contribution in [0.1, 0.15) is 0 Å². The van der Waals surface area contributed by atoms with Gasteiger partial charge in [-0.15, -0.1) is 12.6 Å². The molecule has 0 atom stereocenters. The van der Waals surface area contributed by atoms with Crippen molar-refractivity contribution in [3.05, 3.63) is 18.4 Å². The zero-order valence-corrected chi connectivity index (χ0v) is 5.10. The van der Waals surface area contributed by atoms with E-state index in [1.165, 1.54) is 0 Å². The molecule has 8 heavy (non-hydrogen) atoms. The fraction of sp³-hybridized carbons (Fsp3) is 0.200. The highest BCUT2D eigenvalue weighted by molar-refractivity contribution is 7.80. The van der Waals surface area contributed by atoms with E-state index in [9.17, 15) is 0 Å². The molecule has 0 saturated heterocycles. The molecular formula is C5H6O2S. The van der Waals surface area contributed by atoms with Gasteiger partial charge < -0.3 is 9.15 Å². The van der Waals surface area contributed by atoms with E-state index in [4.69, 9.17) is 9.15 Å². The van der Waals surface area contributed by atoms with E-state index >= 15 is 0 Å². The number of ether oxygens (including phenoxy) is 1. The molecule has 1 aromatic rings. The first kappa shape index (κ1) is 5.56. The van der Waals surface area contributed by atoms with Gasteiger partial charge in [-0.25, -0.2) is 0 Å². The summed E-state index contributed by atoms with van der Waals surface area (Å²) in [5.41, 5.74) is 0. The Bertz CT molecular complexity index is 136. The van der Waals surface area contributed by atoms with Crippen LogP contribution in [0.5, 0.6) is 5.95 Å². The summed E-state index contributed by atoms with van der Waals surface area (Å²) in [5, 5.41) is 0. The molecular weight excluding hydrogens is 124 g/mol. The largest absolute Gasteiger partial charge is 0.454 e. The number of furan rings is 1. The maximum Gasteiger partial charge on any atom is 0.285 e. The zero-order chi connectivity index (χ0) is 5.82.